The molecule has 0 unspecified atom stereocenters. The molecular weight excluding hydrogens is 332 g/mol. The lowest BCUT2D eigenvalue weighted by Gasteiger charge is -2.31. The lowest BCUT2D eigenvalue weighted by Crippen LogP contribution is -2.41. The van der Waals surface area contributed by atoms with Crippen LogP contribution in [0.4, 0.5) is 5.95 Å². The summed E-state index contributed by atoms with van der Waals surface area (Å²) in [5.74, 6) is 0.241. The van der Waals surface area contributed by atoms with Crippen LogP contribution in [0, 0.1) is 17.3 Å². The molecule has 3 aliphatic rings. The van der Waals surface area contributed by atoms with Gasteiger partial charge in [-0.3, -0.25) is 9.59 Å². The van der Waals surface area contributed by atoms with Crippen LogP contribution in [0.15, 0.2) is 18.5 Å². The second kappa shape index (κ2) is 6.85. The third-order valence-electron chi connectivity index (χ3n) is 6.58. The van der Waals surface area contributed by atoms with Crippen LogP contribution in [0.5, 0.6) is 0 Å². The van der Waals surface area contributed by atoms with Gasteiger partial charge >= 0.3 is 5.97 Å². The maximum Gasteiger partial charge on any atom is 0.311 e. The quantitative estimate of drug-likeness (QED) is 0.856. The molecular formula is C19H26N4O3. The molecule has 1 aliphatic heterocycles. The molecule has 3 fully saturated rings. The van der Waals surface area contributed by atoms with Crippen molar-refractivity contribution in [1.29, 1.82) is 0 Å². The summed E-state index contributed by atoms with van der Waals surface area (Å²) in [6, 6.07) is 2.08. The fourth-order valence-electron chi connectivity index (χ4n) is 5.11. The number of carboxylic acids is 1. The molecule has 2 aliphatic carbocycles. The van der Waals surface area contributed by atoms with Crippen molar-refractivity contribution in [2.75, 3.05) is 18.4 Å². The summed E-state index contributed by atoms with van der Waals surface area (Å²) >= 11 is 0. The van der Waals surface area contributed by atoms with Crippen molar-refractivity contribution >= 4 is 17.8 Å². The summed E-state index contributed by atoms with van der Waals surface area (Å²) in [7, 11) is 0. The van der Waals surface area contributed by atoms with Gasteiger partial charge in [-0.05, 0) is 50.5 Å². The highest BCUT2D eigenvalue weighted by molar-refractivity contribution is 5.83. The number of aromatic nitrogens is 2. The number of carboxylic acid groups (broad SMARTS) is 1. The van der Waals surface area contributed by atoms with Gasteiger partial charge in [-0.25, -0.2) is 9.97 Å². The molecule has 1 saturated heterocycles. The first-order valence-corrected chi connectivity index (χ1v) is 9.64. The SMILES string of the molecule is O=C(C1CCC(Nc2ncccn2)CC1)N1C[C@@H]2CCC[C@]2(C(=O)O)C1. The van der Waals surface area contributed by atoms with Crippen LogP contribution in [0.2, 0.25) is 0 Å². The largest absolute Gasteiger partial charge is 0.481 e. The Labute approximate surface area is 153 Å². The number of hydrogen-bond donors (Lipinski definition) is 2. The smallest absolute Gasteiger partial charge is 0.311 e. The van der Waals surface area contributed by atoms with Crippen LogP contribution < -0.4 is 5.32 Å². The maximum absolute atomic E-state index is 12.9. The standard InChI is InChI=1S/C19H26N4O3/c24-16(23-11-14-3-1-8-19(14,12-23)17(25)26)13-4-6-15(7-5-13)22-18-20-9-2-10-21-18/h2,9-10,13-15H,1,3-8,11-12H2,(H,25,26)(H,20,21,22)/t13?,14-,15?,19-/m0/s1. The van der Waals surface area contributed by atoms with Crippen LogP contribution in [-0.4, -0.2) is 51.0 Å². The maximum atomic E-state index is 12.9. The number of aliphatic carboxylic acids is 1. The van der Waals surface area contributed by atoms with Gasteiger partial charge in [0.15, 0.2) is 0 Å². The lowest BCUT2D eigenvalue weighted by atomic mass is 9.81. The van der Waals surface area contributed by atoms with E-state index >= 15 is 0 Å². The van der Waals surface area contributed by atoms with E-state index in [2.05, 4.69) is 15.3 Å². The summed E-state index contributed by atoms with van der Waals surface area (Å²) in [5, 5.41) is 13.0. The minimum atomic E-state index is -0.717. The molecule has 2 saturated carbocycles. The van der Waals surface area contributed by atoms with Gasteiger partial charge in [0, 0.05) is 37.4 Å². The summed E-state index contributed by atoms with van der Waals surface area (Å²) < 4.78 is 0. The molecule has 26 heavy (non-hydrogen) atoms. The van der Waals surface area contributed by atoms with Gasteiger partial charge in [0.2, 0.25) is 11.9 Å². The van der Waals surface area contributed by atoms with E-state index in [4.69, 9.17) is 0 Å². The highest BCUT2D eigenvalue weighted by atomic mass is 16.4. The molecule has 0 radical (unpaired) electrons. The van der Waals surface area contributed by atoms with Crippen LogP contribution in [0.25, 0.3) is 0 Å². The Morgan fingerprint density at radius 2 is 1.88 bits per heavy atom. The van der Waals surface area contributed by atoms with Crippen molar-refractivity contribution in [2.45, 2.75) is 51.0 Å². The fourth-order valence-corrected chi connectivity index (χ4v) is 5.11. The van der Waals surface area contributed by atoms with E-state index in [1.807, 2.05) is 4.90 Å². The molecule has 4 rings (SSSR count). The van der Waals surface area contributed by atoms with Gasteiger partial charge < -0.3 is 15.3 Å². The van der Waals surface area contributed by atoms with Gasteiger partial charge in [0.25, 0.3) is 0 Å². The van der Waals surface area contributed by atoms with Crippen molar-refractivity contribution in [2.24, 2.45) is 17.3 Å². The van der Waals surface area contributed by atoms with E-state index in [0.717, 1.165) is 38.5 Å². The molecule has 7 nitrogen and oxygen atoms in total. The third-order valence-corrected chi connectivity index (χ3v) is 6.58. The number of anilines is 1. The molecule has 1 aromatic rings. The van der Waals surface area contributed by atoms with Gasteiger partial charge in [0.05, 0.1) is 5.41 Å². The molecule has 1 aromatic heterocycles. The number of nitrogens with one attached hydrogen (secondary N) is 1. The first-order chi connectivity index (χ1) is 12.6. The molecule has 7 heteroatoms. The van der Waals surface area contributed by atoms with Crippen LogP contribution in [0.1, 0.15) is 44.9 Å². The van der Waals surface area contributed by atoms with E-state index in [9.17, 15) is 14.7 Å². The van der Waals surface area contributed by atoms with Crippen molar-refractivity contribution in [3.8, 4) is 0 Å². The van der Waals surface area contributed by atoms with Crippen LogP contribution >= 0.6 is 0 Å². The van der Waals surface area contributed by atoms with Crippen LogP contribution in [-0.2, 0) is 9.59 Å². The zero-order valence-electron chi connectivity index (χ0n) is 14.9. The average Bonchev–Trinajstić information content (AvgIpc) is 3.21. The fraction of sp³-hybridized carbons (Fsp3) is 0.684. The summed E-state index contributed by atoms with van der Waals surface area (Å²) in [6.45, 7) is 1.03. The predicted octanol–water partition coefficient (Wildman–Crippen LogP) is 2.16. The molecule has 2 heterocycles. The first-order valence-electron chi connectivity index (χ1n) is 9.64. The molecule has 2 atom stereocenters. The number of hydrogen-bond acceptors (Lipinski definition) is 5. The van der Waals surface area contributed by atoms with Gasteiger partial charge in [-0.1, -0.05) is 6.42 Å². The molecule has 1 amide bonds. The van der Waals surface area contributed by atoms with E-state index in [0.29, 0.717) is 31.5 Å². The number of likely N-dealkylation sites (tertiary alicyclic amines) is 1. The third kappa shape index (κ3) is 3.04. The molecule has 140 valence electrons. The second-order valence-corrected chi connectivity index (χ2v) is 8.03. The molecule has 0 bridgehead atoms. The van der Waals surface area contributed by atoms with E-state index in [-0.39, 0.29) is 17.7 Å². The average molecular weight is 358 g/mol. The normalized spacial score (nSPS) is 33.7. The lowest BCUT2D eigenvalue weighted by molar-refractivity contribution is -0.149. The number of carbonyl (C=O) groups excluding carboxylic acids is 1. The first kappa shape index (κ1) is 17.2. The Balaban J connectivity index is 1.32. The summed E-state index contributed by atoms with van der Waals surface area (Å²) in [4.78, 5) is 35.0. The minimum absolute atomic E-state index is 0.0226. The van der Waals surface area contributed by atoms with E-state index < -0.39 is 11.4 Å². The monoisotopic (exact) mass is 358 g/mol. The van der Waals surface area contributed by atoms with Gasteiger partial charge in [-0.2, -0.15) is 0 Å². The Kier molecular flexibility index (Phi) is 4.54. The number of rotatable bonds is 4. The van der Waals surface area contributed by atoms with E-state index in [1.165, 1.54) is 0 Å². The number of carbonyl (C=O) groups is 2. The number of amides is 1. The zero-order valence-corrected chi connectivity index (χ0v) is 14.9. The summed E-state index contributed by atoms with van der Waals surface area (Å²) in [5.41, 5.74) is -0.681. The minimum Gasteiger partial charge on any atom is -0.481 e. The van der Waals surface area contributed by atoms with Gasteiger partial charge in [-0.15, -0.1) is 0 Å². The Morgan fingerprint density at radius 1 is 1.15 bits per heavy atom. The molecule has 0 spiro atoms. The molecule has 2 N–H and O–H groups in total. The summed E-state index contributed by atoms with van der Waals surface area (Å²) in [6.07, 6.45) is 9.55. The predicted molar refractivity (Wildman–Crippen MR) is 95.4 cm³/mol. The topological polar surface area (TPSA) is 95.4 Å². The zero-order chi connectivity index (χ0) is 18.1. The highest BCUT2D eigenvalue weighted by Crippen LogP contribution is 2.49. The number of fused-ring (bicyclic) bond motifs is 1. The van der Waals surface area contributed by atoms with Crippen LogP contribution in [0.3, 0.4) is 0 Å². The second-order valence-electron chi connectivity index (χ2n) is 8.03. The Bertz CT molecular complexity index is 675. The van der Waals surface area contributed by atoms with Gasteiger partial charge in [0.1, 0.15) is 0 Å². The Hall–Kier alpha value is -2.18. The van der Waals surface area contributed by atoms with E-state index in [1.54, 1.807) is 18.5 Å². The molecule has 0 aromatic carbocycles. The van der Waals surface area contributed by atoms with Crippen molar-refractivity contribution < 1.29 is 14.7 Å². The van der Waals surface area contributed by atoms with Crippen molar-refractivity contribution in [3.05, 3.63) is 18.5 Å². The Morgan fingerprint density at radius 3 is 2.54 bits per heavy atom. The van der Waals surface area contributed by atoms with Crippen molar-refractivity contribution in [3.63, 3.8) is 0 Å². The number of nitrogens with zero attached hydrogens (tertiary/aromatic N) is 3. The highest BCUT2D eigenvalue weighted by Gasteiger charge is 2.56. The van der Waals surface area contributed by atoms with Crippen molar-refractivity contribution in [1.82, 2.24) is 14.9 Å².